The van der Waals surface area contributed by atoms with Gasteiger partial charge in [0.05, 0.1) is 0 Å². The minimum Gasteiger partial charge on any atom is -0.300 e. The maximum atomic E-state index is 11.2. The molecule has 78 valence electrons. The number of hydrogen-bond donors (Lipinski definition) is 0. The number of rotatable bonds is 8. The maximum absolute atomic E-state index is 11.2. The summed E-state index contributed by atoms with van der Waals surface area (Å²) in [6.45, 7) is 6.13. The molecule has 1 nitrogen and oxygen atoms in total. The standard InChI is InChI=1S/C12H24O/c1-4-6-8-10-12(11(3)13)9-7-5-2/h12H,4-10H2,1-3H3/t12-/m0/s1. The van der Waals surface area contributed by atoms with Crippen LogP contribution < -0.4 is 0 Å². The minimum atomic E-state index is 0.353. The molecule has 1 atom stereocenters. The summed E-state index contributed by atoms with van der Waals surface area (Å²) < 4.78 is 0. The molecule has 0 saturated carbocycles. The first-order valence-electron chi connectivity index (χ1n) is 5.72. The SMILES string of the molecule is CCCCC[C@H](CCCC)C(C)=O. The van der Waals surface area contributed by atoms with E-state index in [0.29, 0.717) is 11.7 Å². The van der Waals surface area contributed by atoms with E-state index in [1.165, 1.54) is 32.1 Å². The van der Waals surface area contributed by atoms with Crippen LogP contribution in [0.2, 0.25) is 0 Å². The fraction of sp³-hybridized carbons (Fsp3) is 0.917. The molecule has 0 bridgehead atoms. The molecule has 0 unspecified atom stereocenters. The van der Waals surface area contributed by atoms with Crippen molar-refractivity contribution in [3.05, 3.63) is 0 Å². The first kappa shape index (κ1) is 12.7. The van der Waals surface area contributed by atoms with E-state index < -0.39 is 0 Å². The molecule has 13 heavy (non-hydrogen) atoms. The predicted molar refractivity (Wildman–Crippen MR) is 57.8 cm³/mol. The number of unbranched alkanes of at least 4 members (excludes halogenated alkanes) is 3. The van der Waals surface area contributed by atoms with E-state index in [1.54, 1.807) is 6.92 Å². The van der Waals surface area contributed by atoms with Crippen molar-refractivity contribution in [3.63, 3.8) is 0 Å². The molecule has 0 aliphatic heterocycles. The van der Waals surface area contributed by atoms with Gasteiger partial charge < -0.3 is 0 Å². The molecular weight excluding hydrogens is 160 g/mol. The summed E-state index contributed by atoms with van der Waals surface area (Å²) in [4.78, 5) is 11.2. The Bertz CT molecular complexity index is 129. The third-order valence-electron chi connectivity index (χ3n) is 2.64. The molecule has 0 heterocycles. The second-order valence-electron chi connectivity index (χ2n) is 3.95. The Kier molecular flexibility index (Phi) is 8.07. The van der Waals surface area contributed by atoms with Gasteiger partial charge in [-0.3, -0.25) is 4.79 Å². The molecule has 0 aliphatic rings. The Balaban J connectivity index is 3.61. The molecule has 0 fully saturated rings. The smallest absolute Gasteiger partial charge is 0.132 e. The van der Waals surface area contributed by atoms with Crippen LogP contribution in [0.3, 0.4) is 0 Å². The number of carbonyl (C=O) groups excluding carboxylic acids is 1. The minimum absolute atomic E-state index is 0.353. The van der Waals surface area contributed by atoms with Crippen molar-refractivity contribution >= 4 is 5.78 Å². The molecule has 0 aliphatic carbocycles. The molecule has 0 aromatic carbocycles. The van der Waals surface area contributed by atoms with E-state index in [-0.39, 0.29) is 0 Å². The van der Waals surface area contributed by atoms with Crippen LogP contribution in [0.4, 0.5) is 0 Å². The van der Waals surface area contributed by atoms with Crippen molar-refractivity contribution in [2.45, 2.75) is 65.7 Å². The summed E-state index contributed by atoms with van der Waals surface area (Å²) in [7, 11) is 0. The Hall–Kier alpha value is -0.330. The van der Waals surface area contributed by atoms with Gasteiger partial charge in [0, 0.05) is 5.92 Å². The molecule has 0 N–H and O–H groups in total. The van der Waals surface area contributed by atoms with Gasteiger partial charge in [0.15, 0.2) is 0 Å². The highest BCUT2D eigenvalue weighted by Crippen LogP contribution is 2.17. The lowest BCUT2D eigenvalue weighted by Gasteiger charge is -2.12. The van der Waals surface area contributed by atoms with Crippen molar-refractivity contribution in [1.82, 2.24) is 0 Å². The van der Waals surface area contributed by atoms with Crippen LogP contribution in [0, 0.1) is 5.92 Å². The Morgan fingerprint density at radius 1 is 1.00 bits per heavy atom. The van der Waals surface area contributed by atoms with Crippen LogP contribution in [0.5, 0.6) is 0 Å². The largest absolute Gasteiger partial charge is 0.300 e. The molecule has 0 spiro atoms. The van der Waals surface area contributed by atoms with Gasteiger partial charge in [-0.05, 0) is 19.8 Å². The molecule has 0 radical (unpaired) electrons. The van der Waals surface area contributed by atoms with Crippen molar-refractivity contribution < 1.29 is 4.79 Å². The number of carbonyl (C=O) groups is 1. The summed E-state index contributed by atoms with van der Waals surface area (Å²) in [6.07, 6.45) is 8.38. The fourth-order valence-electron chi connectivity index (χ4n) is 1.64. The second kappa shape index (κ2) is 8.28. The monoisotopic (exact) mass is 184 g/mol. The van der Waals surface area contributed by atoms with Crippen LogP contribution in [0.25, 0.3) is 0 Å². The number of hydrogen-bond acceptors (Lipinski definition) is 1. The highest BCUT2D eigenvalue weighted by Gasteiger charge is 2.12. The van der Waals surface area contributed by atoms with E-state index in [0.717, 1.165) is 12.8 Å². The molecule has 1 heteroatoms. The summed E-state index contributed by atoms with van der Waals surface area (Å²) in [5.41, 5.74) is 0. The molecule has 0 saturated heterocycles. The maximum Gasteiger partial charge on any atom is 0.132 e. The lowest BCUT2D eigenvalue weighted by atomic mass is 9.92. The number of ketones is 1. The summed E-state index contributed by atoms with van der Waals surface area (Å²) in [5.74, 6) is 0.746. The average Bonchev–Trinajstić information content (AvgIpc) is 2.10. The Labute approximate surface area is 82.9 Å². The molecular formula is C12H24O. The Morgan fingerprint density at radius 3 is 2.00 bits per heavy atom. The van der Waals surface area contributed by atoms with Gasteiger partial charge in [-0.1, -0.05) is 46.0 Å². The van der Waals surface area contributed by atoms with Crippen LogP contribution in [-0.2, 0) is 4.79 Å². The highest BCUT2D eigenvalue weighted by atomic mass is 16.1. The highest BCUT2D eigenvalue weighted by molar-refractivity contribution is 5.78. The van der Waals surface area contributed by atoms with Crippen LogP contribution in [-0.4, -0.2) is 5.78 Å². The third-order valence-corrected chi connectivity index (χ3v) is 2.64. The van der Waals surface area contributed by atoms with Crippen LogP contribution in [0.15, 0.2) is 0 Å². The van der Waals surface area contributed by atoms with Crippen molar-refractivity contribution in [1.29, 1.82) is 0 Å². The van der Waals surface area contributed by atoms with E-state index in [4.69, 9.17) is 0 Å². The normalized spacial score (nSPS) is 12.8. The van der Waals surface area contributed by atoms with Gasteiger partial charge in [-0.25, -0.2) is 0 Å². The van der Waals surface area contributed by atoms with Crippen molar-refractivity contribution in [3.8, 4) is 0 Å². The lowest BCUT2D eigenvalue weighted by Crippen LogP contribution is -2.10. The van der Waals surface area contributed by atoms with E-state index in [9.17, 15) is 4.79 Å². The van der Waals surface area contributed by atoms with Gasteiger partial charge >= 0.3 is 0 Å². The lowest BCUT2D eigenvalue weighted by molar-refractivity contribution is -0.121. The number of Topliss-reactive ketones (excluding diaryl/α,β-unsaturated/α-hetero) is 1. The zero-order valence-corrected chi connectivity index (χ0v) is 9.44. The fourth-order valence-corrected chi connectivity index (χ4v) is 1.64. The molecule has 0 aromatic heterocycles. The average molecular weight is 184 g/mol. The van der Waals surface area contributed by atoms with Crippen molar-refractivity contribution in [2.24, 2.45) is 5.92 Å². The van der Waals surface area contributed by atoms with Gasteiger partial charge in [-0.2, -0.15) is 0 Å². The van der Waals surface area contributed by atoms with Crippen LogP contribution in [0.1, 0.15) is 65.7 Å². The molecule has 0 amide bonds. The first-order valence-corrected chi connectivity index (χ1v) is 5.72. The van der Waals surface area contributed by atoms with Gasteiger partial charge in [0.25, 0.3) is 0 Å². The molecule has 0 aromatic rings. The van der Waals surface area contributed by atoms with Crippen molar-refractivity contribution in [2.75, 3.05) is 0 Å². The summed E-state index contributed by atoms with van der Waals surface area (Å²) >= 11 is 0. The van der Waals surface area contributed by atoms with E-state index in [2.05, 4.69) is 13.8 Å². The molecule has 0 rings (SSSR count). The Morgan fingerprint density at radius 2 is 1.54 bits per heavy atom. The van der Waals surface area contributed by atoms with Gasteiger partial charge in [-0.15, -0.1) is 0 Å². The summed E-state index contributed by atoms with van der Waals surface area (Å²) in [6, 6.07) is 0. The summed E-state index contributed by atoms with van der Waals surface area (Å²) in [5, 5.41) is 0. The first-order chi connectivity index (χ1) is 6.22. The van der Waals surface area contributed by atoms with Crippen LogP contribution >= 0.6 is 0 Å². The topological polar surface area (TPSA) is 17.1 Å². The van der Waals surface area contributed by atoms with Gasteiger partial charge in [0.2, 0.25) is 0 Å². The second-order valence-corrected chi connectivity index (χ2v) is 3.95. The zero-order valence-electron chi connectivity index (χ0n) is 9.44. The zero-order chi connectivity index (χ0) is 10.1. The van der Waals surface area contributed by atoms with E-state index >= 15 is 0 Å². The van der Waals surface area contributed by atoms with E-state index in [1.807, 2.05) is 0 Å². The third kappa shape index (κ3) is 6.80. The predicted octanol–water partition coefficient (Wildman–Crippen LogP) is 3.96. The quantitative estimate of drug-likeness (QED) is 0.522. The van der Waals surface area contributed by atoms with Gasteiger partial charge in [0.1, 0.15) is 5.78 Å².